The third kappa shape index (κ3) is 5.45. The van der Waals surface area contributed by atoms with Crippen molar-refractivity contribution in [3.8, 4) is 6.07 Å². The number of halogens is 2. The van der Waals surface area contributed by atoms with Crippen molar-refractivity contribution < 1.29 is 4.39 Å². The molecule has 0 amide bonds. The number of pyridine rings is 1. The Labute approximate surface area is 229 Å². The van der Waals surface area contributed by atoms with Gasteiger partial charge in [0.15, 0.2) is 0 Å². The summed E-state index contributed by atoms with van der Waals surface area (Å²) in [7, 11) is 6.27. The smallest absolute Gasteiger partial charge is 0.123 e. The highest BCUT2D eigenvalue weighted by Crippen LogP contribution is 2.39. The van der Waals surface area contributed by atoms with E-state index < -0.39 is 15.5 Å². The van der Waals surface area contributed by atoms with E-state index in [9.17, 15) is 9.65 Å². The minimum absolute atomic E-state index is 0.322. The molecule has 0 spiro atoms. The second-order valence-corrected chi connectivity index (χ2v) is 15.5. The highest BCUT2D eigenvalue weighted by atomic mass is 35.5. The summed E-state index contributed by atoms with van der Waals surface area (Å²) in [5, 5.41) is 26.4. The van der Waals surface area contributed by atoms with Crippen LogP contribution >= 0.6 is 21.6 Å². The minimum Gasteiger partial charge on any atom is -0.383 e. The maximum atomic E-state index is 13.8. The zero-order valence-electron chi connectivity index (χ0n) is 21.5. The number of hydrogen-bond acceptors (Lipinski definition) is 6. The second-order valence-electron chi connectivity index (χ2n) is 10.5. The summed E-state index contributed by atoms with van der Waals surface area (Å²) >= 11 is 6.70. The van der Waals surface area contributed by atoms with Gasteiger partial charge in [0.25, 0.3) is 0 Å². The molecule has 2 aromatic carbocycles. The van der Waals surface area contributed by atoms with Gasteiger partial charge in [-0.2, -0.15) is 5.26 Å². The summed E-state index contributed by atoms with van der Waals surface area (Å²) in [6.07, 6.45) is 12.2. The van der Waals surface area contributed by atoms with Gasteiger partial charge >= 0.3 is 0 Å². The highest BCUT2D eigenvalue weighted by Gasteiger charge is 2.34. The predicted octanol–water partition coefficient (Wildman–Crippen LogP) is 5.41. The number of fused-ring (bicyclic) bond motifs is 1. The quantitative estimate of drug-likeness (QED) is 0.272. The molecule has 0 bridgehead atoms. The summed E-state index contributed by atoms with van der Waals surface area (Å²) in [5.41, 5.74) is 2.04. The standard InChI is InChI=1S/C27H28BClFN7S/c1-38(2,3)11-10-32-25-17(14-31)15-33-26-22(25)12-20(13-23(26)29)34-27(28,18-4-6-19(30)7-5-18)24-16-37(36-35-24)21-8-9-21/h4-7,12-13,15-16,21,34H,8-11H2,1-3H3,(H,32,33). The number of anilines is 2. The van der Waals surface area contributed by atoms with Crippen LogP contribution in [0.1, 0.15) is 35.7 Å². The molecule has 2 N–H and O–H groups in total. The molecule has 1 saturated carbocycles. The van der Waals surface area contributed by atoms with Crippen LogP contribution in [0, 0.1) is 17.1 Å². The monoisotopic (exact) mass is 547 g/mol. The molecule has 0 saturated heterocycles. The van der Waals surface area contributed by atoms with E-state index in [2.05, 4.69) is 50.8 Å². The number of benzene rings is 2. The maximum Gasteiger partial charge on any atom is 0.123 e. The van der Waals surface area contributed by atoms with Crippen LogP contribution in [0.5, 0.6) is 0 Å². The van der Waals surface area contributed by atoms with Crippen molar-refractivity contribution in [1.82, 2.24) is 20.0 Å². The van der Waals surface area contributed by atoms with Crippen molar-refractivity contribution in [1.29, 1.82) is 5.26 Å². The zero-order valence-corrected chi connectivity index (χ0v) is 23.1. The van der Waals surface area contributed by atoms with Gasteiger partial charge in [-0.15, -0.1) is 5.10 Å². The van der Waals surface area contributed by atoms with Gasteiger partial charge in [0.1, 0.15) is 25.4 Å². The first kappa shape index (κ1) is 26.3. The first-order valence-corrected chi connectivity index (χ1v) is 15.7. The molecule has 2 aromatic heterocycles. The van der Waals surface area contributed by atoms with Crippen LogP contribution in [0.15, 0.2) is 48.8 Å². The fourth-order valence-electron chi connectivity index (χ4n) is 4.29. The molecule has 1 aliphatic carbocycles. The van der Waals surface area contributed by atoms with Gasteiger partial charge in [0.05, 0.1) is 39.5 Å². The first-order chi connectivity index (χ1) is 18.1. The van der Waals surface area contributed by atoms with Crippen LogP contribution in [0.25, 0.3) is 10.9 Å². The number of rotatable bonds is 9. The van der Waals surface area contributed by atoms with Crippen molar-refractivity contribution in [2.45, 2.75) is 24.3 Å². The summed E-state index contributed by atoms with van der Waals surface area (Å²) < 4.78 is 15.6. The molecular weight excluding hydrogens is 520 g/mol. The van der Waals surface area contributed by atoms with E-state index in [-0.39, 0.29) is 5.82 Å². The second kappa shape index (κ2) is 10.1. The topological polar surface area (TPSA) is 91.5 Å². The summed E-state index contributed by atoms with van der Waals surface area (Å²) in [4.78, 5) is 4.45. The Hall–Kier alpha value is -3.29. The Kier molecular flexibility index (Phi) is 7.01. The Morgan fingerprint density at radius 3 is 2.63 bits per heavy atom. The van der Waals surface area contributed by atoms with Gasteiger partial charge < -0.3 is 10.6 Å². The van der Waals surface area contributed by atoms with E-state index >= 15 is 0 Å². The fourth-order valence-corrected chi connectivity index (χ4v) is 5.27. The van der Waals surface area contributed by atoms with Crippen molar-refractivity contribution in [2.75, 3.05) is 41.7 Å². The van der Waals surface area contributed by atoms with Gasteiger partial charge in [-0.3, -0.25) is 4.98 Å². The average molecular weight is 548 g/mol. The molecule has 2 heterocycles. The van der Waals surface area contributed by atoms with Crippen LogP contribution in [-0.2, 0) is 5.44 Å². The maximum absolute atomic E-state index is 13.8. The molecular formula is C27H28BClFN7S. The van der Waals surface area contributed by atoms with E-state index in [0.29, 0.717) is 56.7 Å². The number of nitriles is 1. The molecule has 1 unspecified atom stereocenters. The van der Waals surface area contributed by atoms with E-state index in [1.54, 1.807) is 18.2 Å². The largest absolute Gasteiger partial charge is 0.383 e. The SMILES string of the molecule is [B]C(Nc1cc(Cl)c2ncc(C#N)c(NCCS(C)(C)C)c2c1)(c1ccc(F)cc1)c1cn(C2CC2)nn1. The van der Waals surface area contributed by atoms with Crippen LogP contribution in [0.3, 0.4) is 0 Å². The third-order valence-corrected chi connectivity index (χ3v) is 8.25. The molecule has 2 radical (unpaired) electrons. The van der Waals surface area contributed by atoms with E-state index in [4.69, 9.17) is 19.4 Å². The highest BCUT2D eigenvalue weighted by molar-refractivity contribution is 8.32. The molecule has 1 atom stereocenters. The molecule has 1 fully saturated rings. The van der Waals surface area contributed by atoms with Crippen molar-refractivity contribution >= 4 is 51.8 Å². The lowest BCUT2D eigenvalue weighted by molar-refractivity contribution is 0.610. The lowest BCUT2D eigenvalue weighted by atomic mass is 9.69. The lowest BCUT2D eigenvalue weighted by Gasteiger charge is -2.32. The van der Waals surface area contributed by atoms with Gasteiger partial charge in [0.2, 0.25) is 0 Å². The van der Waals surface area contributed by atoms with E-state index in [1.807, 2.05) is 16.9 Å². The van der Waals surface area contributed by atoms with Gasteiger partial charge in [-0.05, 0) is 67.2 Å². The van der Waals surface area contributed by atoms with E-state index in [1.165, 1.54) is 18.3 Å². The van der Waals surface area contributed by atoms with Crippen molar-refractivity contribution in [3.63, 3.8) is 0 Å². The van der Waals surface area contributed by atoms with Gasteiger partial charge in [-0.25, -0.2) is 19.1 Å². The molecule has 1 aliphatic rings. The zero-order chi connectivity index (χ0) is 27.1. The number of aromatic nitrogens is 4. The molecule has 7 nitrogen and oxygen atoms in total. The van der Waals surface area contributed by atoms with Crippen molar-refractivity contribution in [2.24, 2.45) is 0 Å². The molecule has 11 heteroatoms. The summed E-state index contributed by atoms with van der Waals surface area (Å²) in [5.74, 6) is 0.620. The van der Waals surface area contributed by atoms with Gasteiger partial charge in [-0.1, -0.05) is 28.9 Å². The van der Waals surface area contributed by atoms with Crippen molar-refractivity contribution in [3.05, 3.63) is 76.5 Å². The van der Waals surface area contributed by atoms with Gasteiger partial charge in [0, 0.05) is 23.8 Å². The molecule has 194 valence electrons. The molecule has 0 aliphatic heterocycles. The first-order valence-electron chi connectivity index (χ1n) is 12.2. The van der Waals surface area contributed by atoms with Crippen LogP contribution in [-0.4, -0.2) is 58.9 Å². The fraction of sp³-hybridized carbons (Fsp3) is 0.333. The Morgan fingerprint density at radius 2 is 1.97 bits per heavy atom. The summed E-state index contributed by atoms with van der Waals surface area (Å²) in [6.45, 7) is 0.711. The predicted molar refractivity (Wildman–Crippen MR) is 155 cm³/mol. The molecule has 38 heavy (non-hydrogen) atoms. The average Bonchev–Trinajstić information content (AvgIpc) is 3.59. The van der Waals surface area contributed by atoms with E-state index in [0.717, 1.165) is 18.6 Å². The summed E-state index contributed by atoms with van der Waals surface area (Å²) in [6, 6.07) is 12.1. The number of nitrogens with zero attached hydrogens (tertiary/aromatic N) is 5. The Balaban J connectivity index is 1.58. The Bertz CT molecular complexity index is 1530. The van der Waals surface area contributed by atoms with Crippen LogP contribution in [0.4, 0.5) is 15.8 Å². The normalized spacial score (nSPS) is 15.6. The minimum atomic E-state index is -1.33. The Morgan fingerprint density at radius 1 is 1.24 bits per heavy atom. The lowest BCUT2D eigenvalue weighted by Crippen LogP contribution is -2.37. The third-order valence-electron chi connectivity index (χ3n) is 6.54. The van der Waals surface area contributed by atoms with Crippen LogP contribution < -0.4 is 10.6 Å². The molecule has 4 aromatic rings. The molecule has 5 rings (SSSR count). The number of hydrogen-bond donors (Lipinski definition) is 2. The number of nitrogens with one attached hydrogen (secondary N) is 2. The van der Waals surface area contributed by atoms with Crippen LogP contribution in [0.2, 0.25) is 5.02 Å².